The highest BCUT2D eigenvalue weighted by Gasteiger charge is 2.61. The summed E-state index contributed by atoms with van der Waals surface area (Å²) in [4.78, 5) is 37.6. The van der Waals surface area contributed by atoms with Crippen LogP contribution >= 0.6 is 0 Å². The molecule has 8 atom stereocenters. The van der Waals surface area contributed by atoms with E-state index in [0.29, 0.717) is 36.9 Å². The minimum Gasteiger partial charge on any atom is -0.463 e. The molecule has 0 radical (unpaired) electrons. The Kier molecular flexibility index (Phi) is 6.68. The Labute approximate surface area is 205 Å². The van der Waals surface area contributed by atoms with Gasteiger partial charge < -0.3 is 9.84 Å². The molecule has 0 aliphatic heterocycles. The summed E-state index contributed by atoms with van der Waals surface area (Å²) in [7, 11) is 0. The normalized spacial score (nSPS) is 41.1. The van der Waals surface area contributed by atoms with Crippen molar-refractivity contribution in [1.82, 2.24) is 0 Å². The Hall–Kier alpha value is -1.49. The van der Waals surface area contributed by atoms with Gasteiger partial charge in [-0.15, -0.1) is 0 Å². The van der Waals surface area contributed by atoms with Crippen molar-refractivity contribution >= 4 is 17.5 Å². The first-order valence-electron chi connectivity index (χ1n) is 13.4. The van der Waals surface area contributed by atoms with Crippen LogP contribution in [0.5, 0.6) is 0 Å². The van der Waals surface area contributed by atoms with Crippen molar-refractivity contribution in [2.75, 3.05) is 0 Å². The van der Waals surface area contributed by atoms with Crippen molar-refractivity contribution in [3.8, 4) is 0 Å². The average Bonchev–Trinajstić information content (AvgIpc) is 3.06. The van der Waals surface area contributed by atoms with Crippen LogP contribution in [0, 0.1) is 40.4 Å². The van der Waals surface area contributed by atoms with Crippen LogP contribution in [-0.2, 0) is 19.1 Å². The van der Waals surface area contributed by atoms with Gasteiger partial charge in [0.2, 0.25) is 0 Å². The van der Waals surface area contributed by atoms with E-state index in [2.05, 4.69) is 19.9 Å². The summed E-state index contributed by atoms with van der Waals surface area (Å²) in [5.41, 5.74) is 0.158. The fourth-order valence-electron chi connectivity index (χ4n) is 8.71. The summed E-state index contributed by atoms with van der Waals surface area (Å²) in [6, 6.07) is 0. The molecule has 0 saturated heterocycles. The van der Waals surface area contributed by atoms with E-state index < -0.39 is 5.60 Å². The molecular weight excluding hydrogens is 428 g/mol. The lowest BCUT2D eigenvalue weighted by Gasteiger charge is -2.56. The number of rotatable bonds is 6. The summed E-state index contributed by atoms with van der Waals surface area (Å²) in [6.07, 6.45) is 8.65. The number of hydrogen-bond donors (Lipinski definition) is 1. The third kappa shape index (κ3) is 4.31. The molecule has 5 heteroatoms. The van der Waals surface area contributed by atoms with Gasteiger partial charge in [-0.25, -0.2) is 0 Å². The maximum Gasteiger partial charge on any atom is 0.302 e. The van der Waals surface area contributed by atoms with Gasteiger partial charge in [0, 0.05) is 32.1 Å². The van der Waals surface area contributed by atoms with Gasteiger partial charge in [0.05, 0.1) is 5.60 Å². The van der Waals surface area contributed by atoms with Crippen LogP contribution < -0.4 is 0 Å². The molecule has 1 N–H and O–H groups in total. The average molecular weight is 473 g/mol. The maximum atomic E-state index is 13.5. The predicted octanol–water partition coefficient (Wildman–Crippen LogP) is 5.43. The van der Waals surface area contributed by atoms with E-state index in [-0.39, 0.29) is 52.9 Å². The van der Waals surface area contributed by atoms with Crippen molar-refractivity contribution < 1.29 is 24.2 Å². The molecule has 34 heavy (non-hydrogen) atoms. The molecule has 8 unspecified atom stereocenters. The summed E-state index contributed by atoms with van der Waals surface area (Å²) >= 11 is 0. The number of fused-ring (bicyclic) bond motifs is 5. The highest BCUT2D eigenvalue weighted by molar-refractivity contribution is 5.85. The largest absolute Gasteiger partial charge is 0.463 e. The number of aliphatic hydroxyl groups is 1. The van der Waals surface area contributed by atoms with Crippen LogP contribution in [0.15, 0.2) is 11.6 Å². The van der Waals surface area contributed by atoms with Crippen LogP contribution in [0.1, 0.15) is 99.3 Å². The van der Waals surface area contributed by atoms with Crippen molar-refractivity contribution in [1.29, 1.82) is 0 Å². The molecule has 0 heterocycles. The second-order valence-corrected chi connectivity index (χ2v) is 13.0. The van der Waals surface area contributed by atoms with Crippen molar-refractivity contribution in [3.63, 3.8) is 0 Å². The summed E-state index contributed by atoms with van der Waals surface area (Å²) in [6.45, 7) is 11.9. The lowest BCUT2D eigenvalue weighted by Crippen LogP contribution is -2.54. The second-order valence-electron chi connectivity index (χ2n) is 13.0. The molecule has 4 aliphatic rings. The number of hydrogen-bond acceptors (Lipinski definition) is 5. The lowest BCUT2D eigenvalue weighted by atomic mass is 9.48. The Balaban J connectivity index is 1.57. The van der Waals surface area contributed by atoms with Crippen LogP contribution in [0.4, 0.5) is 0 Å². The minimum atomic E-state index is -1.02. The Bertz CT molecular complexity index is 885. The van der Waals surface area contributed by atoms with Crippen molar-refractivity contribution in [2.45, 2.75) is 111 Å². The third-order valence-corrected chi connectivity index (χ3v) is 10.1. The number of Topliss-reactive ketones (excluding diaryl/α,β-unsaturated/α-hetero) is 2. The Morgan fingerprint density at radius 2 is 1.94 bits per heavy atom. The SMILES string of the molecule is CC(=O)OC1CCC2(C)C3=CCC4(C)C(CCC4C(C)(O)CC(=O)CC(C)C)C3CC(=O)C2C1. The molecule has 4 aliphatic carbocycles. The van der Waals surface area contributed by atoms with E-state index in [0.717, 1.165) is 32.1 Å². The van der Waals surface area contributed by atoms with E-state index in [1.54, 1.807) is 0 Å². The zero-order chi connectivity index (χ0) is 25.1. The van der Waals surface area contributed by atoms with Crippen LogP contribution in [-0.4, -0.2) is 34.3 Å². The molecule has 3 saturated carbocycles. The Morgan fingerprint density at radius 1 is 1.24 bits per heavy atom. The molecular formula is C29H44O5. The zero-order valence-electron chi connectivity index (χ0n) is 22.0. The smallest absolute Gasteiger partial charge is 0.302 e. The van der Waals surface area contributed by atoms with E-state index in [9.17, 15) is 19.5 Å². The first-order chi connectivity index (χ1) is 15.8. The molecule has 3 fully saturated rings. The standard InChI is InChI=1S/C29H44O5/c1-17(2)13-19(31)16-29(6,33)26-8-7-22-21-15-25(32)24-14-20(34-18(3)30)9-11-27(24,4)23(21)10-12-28(22,26)5/h10,17,20-22,24,26,33H,7-9,11-16H2,1-6H3. The fourth-order valence-corrected chi connectivity index (χ4v) is 8.71. The van der Waals surface area contributed by atoms with Gasteiger partial charge >= 0.3 is 5.97 Å². The molecule has 0 bridgehead atoms. The van der Waals surface area contributed by atoms with Gasteiger partial charge in [-0.1, -0.05) is 39.3 Å². The number of ether oxygens (including phenoxy) is 1. The first-order valence-corrected chi connectivity index (χ1v) is 13.4. The van der Waals surface area contributed by atoms with Crippen LogP contribution in [0.3, 0.4) is 0 Å². The summed E-state index contributed by atoms with van der Waals surface area (Å²) in [5, 5.41) is 11.5. The van der Waals surface area contributed by atoms with E-state index in [4.69, 9.17) is 4.74 Å². The van der Waals surface area contributed by atoms with Crippen LogP contribution in [0.25, 0.3) is 0 Å². The third-order valence-electron chi connectivity index (χ3n) is 10.1. The zero-order valence-corrected chi connectivity index (χ0v) is 22.0. The number of carbonyl (C=O) groups is 3. The van der Waals surface area contributed by atoms with Crippen molar-refractivity contribution in [3.05, 3.63) is 11.6 Å². The molecule has 0 spiro atoms. The molecule has 4 rings (SSSR count). The van der Waals surface area contributed by atoms with Gasteiger partial charge in [0.25, 0.3) is 0 Å². The molecule has 0 aromatic heterocycles. The molecule has 0 aromatic carbocycles. The molecule has 0 aromatic rings. The quantitative estimate of drug-likeness (QED) is 0.412. The number of ketones is 2. The predicted molar refractivity (Wildman–Crippen MR) is 131 cm³/mol. The minimum absolute atomic E-state index is 0.0549. The summed E-state index contributed by atoms with van der Waals surface area (Å²) < 4.78 is 5.50. The molecule has 0 amide bonds. The monoisotopic (exact) mass is 472 g/mol. The van der Waals surface area contributed by atoms with Crippen LogP contribution in [0.2, 0.25) is 0 Å². The summed E-state index contributed by atoms with van der Waals surface area (Å²) in [5.74, 6) is 1.05. The van der Waals surface area contributed by atoms with E-state index >= 15 is 0 Å². The Morgan fingerprint density at radius 3 is 2.59 bits per heavy atom. The van der Waals surface area contributed by atoms with E-state index in [1.165, 1.54) is 12.5 Å². The van der Waals surface area contributed by atoms with Gasteiger partial charge in [0.15, 0.2) is 0 Å². The fraction of sp³-hybridized carbons (Fsp3) is 0.828. The number of esters is 1. The van der Waals surface area contributed by atoms with Gasteiger partial charge in [-0.05, 0) is 80.0 Å². The van der Waals surface area contributed by atoms with Gasteiger partial charge in [0.1, 0.15) is 17.7 Å². The van der Waals surface area contributed by atoms with Gasteiger partial charge in [-0.3, -0.25) is 14.4 Å². The number of allylic oxidation sites excluding steroid dienone is 2. The topological polar surface area (TPSA) is 80.7 Å². The highest BCUT2D eigenvalue weighted by atomic mass is 16.5. The molecule has 190 valence electrons. The lowest BCUT2D eigenvalue weighted by molar-refractivity contribution is -0.155. The van der Waals surface area contributed by atoms with Gasteiger partial charge in [-0.2, -0.15) is 0 Å². The molecule has 5 nitrogen and oxygen atoms in total. The number of carbonyl (C=O) groups excluding carboxylic acids is 3. The van der Waals surface area contributed by atoms with E-state index in [1.807, 2.05) is 20.8 Å². The van der Waals surface area contributed by atoms with Crippen molar-refractivity contribution in [2.24, 2.45) is 40.4 Å². The highest BCUT2D eigenvalue weighted by Crippen LogP contribution is 2.66. The maximum absolute atomic E-state index is 13.5. The second kappa shape index (κ2) is 8.87. The first kappa shape index (κ1) is 25.6.